The smallest absolute Gasteiger partial charge is 0.298 e. The van der Waals surface area contributed by atoms with Crippen LogP contribution in [0.25, 0.3) is 22.0 Å². The number of benzene rings is 2. The lowest BCUT2D eigenvalue weighted by Crippen LogP contribution is -2.29. The van der Waals surface area contributed by atoms with Gasteiger partial charge in [-0.15, -0.1) is 0 Å². The molecule has 0 bridgehead atoms. The Hall–Kier alpha value is -5.15. The first-order chi connectivity index (χ1) is 18.5. The minimum Gasteiger partial charge on any atom is -0.325 e. The second-order valence-electron chi connectivity index (χ2n) is 8.75. The van der Waals surface area contributed by atoms with Crippen LogP contribution in [-0.2, 0) is 4.79 Å². The number of rotatable bonds is 4. The van der Waals surface area contributed by atoms with Crippen molar-refractivity contribution in [3.63, 3.8) is 0 Å². The number of anilines is 1. The normalized spacial score (nSPS) is 14.4. The van der Waals surface area contributed by atoms with Crippen molar-refractivity contribution in [2.24, 2.45) is 0 Å². The zero-order valence-corrected chi connectivity index (χ0v) is 20.4. The van der Waals surface area contributed by atoms with Crippen LogP contribution in [0.15, 0.2) is 61.2 Å². The molecule has 1 saturated heterocycles. The van der Waals surface area contributed by atoms with E-state index in [0.717, 1.165) is 24.5 Å². The third kappa shape index (κ3) is 4.78. The number of nitrogens with one attached hydrogen (secondary N) is 1. The van der Waals surface area contributed by atoms with Crippen molar-refractivity contribution in [2.45, 2.75) is 25.8 Å². The second-order valence-corrected chi connectivity index (χ2v) is 8.75. The van der Waals surface area contributed by atoms with Gasteiger partial charge in [-0.25, -0.2) is 19.3 Å². The molecular weight excluding hydrogens is 483 g/mol. The molecule has 4 aromatic rings. The van der Waals surface area contributed by atoms with Crippen molar-refractivity contribution < 1.29 is 14.0 Å². The molecule has 3 heterocycles. The molecule has 0 aliphatic carbocycles. The van der Waals surface area contributed by atoms with Gasteiger partial charge in [0.2, 0.25) is 0 Å². The number of nitriles is 1. The number of fused-ring (bicyclic) bond motifs is 1. The van der Waals surface area contributed by atoms with Crippen LogP contribution in [-0.4, -0.2) is 38.2 Å². The van der Waals surface area contributed by atoms with Gasteiger partial charge in [0.25, 0.3) is 11.8 Å². The largest absolute Gasteiger partial charge is 0.325 e. The number of aromatic nitrogens is 3. The Morgan fingerprint density at radius 3 is 2.82 bits per heavy atom. The summed E-state index contributed by atoms with van der Waals surface area (Å²) < 4.78 is 15.4. The van der Waals surface area contributed by atoms with Gasteiger partial charge in [0, 0.05) is 41.0 Å². The molecule has 2 amide bonds. The molecule has 1 aliphatic heterocycles. The molecule has 1 fully saturated rings. The lowest BCUT2D eigenvalue weighted by atomic mass is 9.94. The fraction of sp³-hybridized carbons (Fsp3) is 0.172. The van der Waals surface area contributed by atoms with E-state index < -0.39 is 11.7 Å². The standard InChI is InChI=1S/C29H21FN6O2/c1-2-4-27(37)36-10-3-5-25(36)23-13-20(12-21-16-32-17-34-28(21)23)22-7-6-19(14-24(22)30)29(38)35-26-11-18(15-31)8-9-33-26/h6-9,11-14,16-17,25H,3,5,10H2,1H3,(H,33,35,38). The number of pyridine rings is 1. The predicted octanol–water partition coefficient (Wildman–Crippen LogP) is 4.64. The molecule has 38 heavy (non-hydrogen) atoms. The first-order valence-electron chi connectivity index (χ1n) is 11.9. The molecule has 2 aromatic heterocycles. The van der Waals surface area contributed by atoms with Crippen molar-refractivity contribution >= 4 is 28.5 Å². The highest BCUT2D eigenvalue weighted by atomic mass is 19.1. The lowest BCUT2D eigenvalue weighted by Gasteiger charge is -2.24. The van der Waals surface area contributed by atoms with Crippen molar-refractivity contribution in [2.75, 3.05) is 11.9 Å². The highest BCUT2D eigenvalue weighted by molar-refractivity contribution is 6.04. The minimum atomic E-state index is -0.588. The Bertz CT molecular complexity index is 1680. The van der Waals surface area contributed by atoms with Crippen LogP contribution in [0.2, 0.25) is 0 Å². The summed E-state index contributed by atoms with van der Waals surface area (Å²) in [6.45, 7) is 2.21. The number of amides is 2. The molecule has 2 aromatic carbocycles. The van der Waals surface area contributed by atoms with Crippen LogP contribution < -0.4 is 5.32 Å². The van der Waals surface area contributed by atoms with Gasteiger partial charge in [-0.2, -0.15) is 5.26 Å². The third-order valence-electron chi connectivity index (χ3n) is 6.41. The molecule has 5 rings (SSSR count). The molecule has 0 spiro atoms. The Balaban J connectivity index is 1.51. The van der Waals surface area contributed by atoms with Crippen LogP contribution in [0.3, 0.4) is 0 Å². The molecule has 9 heteroatoms. The van der Waals surface area contributed by atoms with E-state index in [4.69, 9.17) is 5.26 Å². The number of carbonyl (C=O) groups excluding carboxylic acids is 2. The maximum atomic E-state index is 15.4. The van der Waals surface area contributed by atoms with Gasteiger partial charge in [-0.3, -0.25) is 9.59 Å². The van der Waals surface area contributed by atoms with Crippen LogP contribution in [0.1, 0.15) is 47.3 Å². The number of hydrogen-bond donors (Lipinski definition) is 1. The van der Waals surface area contributed by atoms with Crippen LogP contribution in [0, 0.1) is 29.0 Å². The molecule has 0 radical (unpaired) electrons. The van der Waals surface area contributed by atoms with Gasteiger partial charge in [0.15, 0.2) is 0 Å². The lowest BCUT2D eigenvalue weighted by molar-refractivity contribution is -0.125. The highest BCUT2D eigenvalue weighted by Crippen LogP contribution is 2.38. The molecule has 1 aliphatic rings. The fourth-order valence-corrected chi connectivity index (χ4v) is 4.70. The summed E-state index contributed by atoms with van der Waals surface area (Å²) in [5.74, 6) is 4.09. The van der Waals surface area contributed by atoms with E-state index in [2.05, 4.69) is 32.1 Å². The molecule has 8 nitrogen and oxygen atoms in total. The van der Waals surface area contributed by atoms with Gasteiger partial charge < -0.3 is 10.2 Å². The SMILES string of the molecule is CC#CC(=O)N1CCCC1c1cc(-c2ccc(C(=O)Nc3cc(C#N)ccn3)cc2F)cc2cncnc12. The quantitative estimate of drug-likeness (QED) is 0.405. The summed E-state index contributed by atoms with van der Waals surface area (Å²) in [7, 11) is 0. The maximum absolute atomic E-state index is 15.4. The average molecular weight is 505 g/mol. The minimum absolute atomic E-state index is 0.102. The summed E-state index contributed by atoms with van der Waals surface area (Å²) >= 11 is 0. The zero-order valence-electron chi connectivity index (χ0n) is 20.4. The first kappa shape index (κ1) is 24.5. The predicted molar refractivity (Wildman–Crippen MR) is 139 cm³/mol. The topological polar surface area (TPSA) is 112 Å². The molecule has 186 valence electrons. The summed E-state index contributed by atoms with van der Waals surface area (Å²) in [4.78, 5) is 39.7. The van der Waals surface area contributed by atoms with E-state index in [9.17, 15) is 9.59 Å². The summed E-state index contributed by atoms with van der Waals surface area (Å²) in [5.41, 5.74) is 2.82. The van der Waals surface area contributed by atoms with E-state index in [1.54, 1.807) is 24.1 Å². The first-order valence-corrected chi connectivity index (χ1v) is 11.9. The van der Waals surface area contributed by atoms with E-state index in [1.165, 1.54) is 36.8 Å². The Morgan fingerprint density at radius 1 is 1.16 bits per heavy atom. The van der Waals surface area contributed by atoms with E-state index >= 15 is 4.39 Å². The second kappa shape index (κ2) is 10.5. The number of likely N-dealkylation sites (tertiary alicyclic amines) is 1. The van der Waals surface area contributed by atoms with Crippen molar-refractivity contribution in [3.05, 3.63) is 83.7 Å². The van der Waals surface area contributed by atoms with Gasteiger partial charge in [0.05, 0.1) is 23.2 Å². The van der Waals surface area contributed by atoms with Crippen molar-refractivity contribution in [3.8, 4) is 29.0 Å². The van der Waals surface area contributed by atoms with Crippen LogP contribution in [0.4, 0.5) is 10.2 Å². The van der Waals surface area contributed by atoms with E-state index in [-0.39, 0.29) is 23.3 Å². The van der Waals surface area contributed by atoms with Crippen LogP contribution in [0.5, 0.6) is 0 Å². The Kier molecular flexibility index (Phi) is 6.75. The summed E-state index contributed by atoms with van der Waals surface area (Å²) in [5, 5.41) is 12.3. The fourth-order valence-electron chi connectivity index (χ4n) is 4.70. The Labute approximate surface area is 218 Å². The molecule has 0 saturated carbocycles. The molecule has 1 N–H and O–H groups in total. The van der Waals surface area contributed by atoms with Gasteiger partial charge in [-0.05, 0) is 67.6 Å². The summed E-state index contributed by atoms with van der Waals surface area (Å²) in [6.07, 6.45) is 6.08. The zero-order chi connectivity index (χ0) is 26.6. The highest BCUT2D eigenvalue weighted by Gasteiger charge is 2.31. The number of halogens is 1. The molecule has 1 atom stereocenters. The van der Waals surface area contributed by atoms with Crippen molar-refractivity contribution in [1.29, 1.82) is 5.26 Å². The number of hydrogen-bond acceptors (Lipinski definition) is 6. The van der Waals surface area contributed by atoms with Gasteiger partial charge in [-0.1, -0.05) is 12.0 Å². The van der Waals surface area contributed by atoms with Gasteiger partial charge >= 0.3 is 0 Å². The Morgan fingerprint density at radius 2 is 2.03 bits per heavy atom. The molecule has 1 unspecified atom stereocenters. The maximum Gasteiger partial charge on any atom is 0.298 e. The van der Waals surface area contributed by atoms with Gasteiger partial charge in [0.1, 0.15) is 18.0 Å². The summed E-state index contributed by atoms with van der Waals surface area (Å²) in [6, 6.07) is 12.6. The average Bonchev–Trinajstić information content (AvgIpc) is 3.42. The van der Waals surface area contributed by atoms with Crippen LogP contribution >= 0.6 is 0 Å². The number of carbonyl (C=O) groups is 2. The third-order valence-corrected chi connectivity index (χ3v) is 6.41. The molecular formula is C29H21FN6O2. The van der Waals surface area contributed by atoms with E-state index in [1.807, 2.05) is 12.1 Å². The van der Waals surface area contributed by atoms with E-state index in [0.29, 0.717) is 34.1 Å². The monoisotopic (exact) mass is 504 g/mol. The number of nitrogens with zero attached hydrogens (tertiary/aromatic N) is 5. The van der Waals surface area contributed by atoms with Crippen molar-refractivity contribution in [1.82, 2.24) is 19.9 Å².